The number of aliphatic hydroxyl groups is 1. The minimum atomic E-state index is -0.627. The van der Waals surface area contributed by atoms with Crippen molar-refractivity contribution in [2.45, 2.75) is 12.0 Å². The van der Waals surface area contributed by atoms with Gasteiger partial charge in [-0.05, 0) is 16.7 Å². The van der Waals surface area contributed by atoms with E-state index in [0.29, 0.717) is 6.61 Å². The minimum Gasteiger partial charge on any atom is -0.465 e. The SMILES string of the molecule is O=C1OC[C@@H]2[C@@H]1[C@@H](c1ccccc1)c1ccccc1[C@H]2O. The number of carbonyl (C=O) groups is 1. The highest BCUT2D eigenvalue weighted by atomic mass is 16.5. The van der Waals surface area contributed by atoms with E-state index < -0.39 is 6.10 Å². The normalized spacial score (nSPS) is 30.4. The van der Waals surface area contributed by atoms with Crippen LogP contribution in [0, 0.1) is 11.8 Å². The Morgan fingerprint density at radius 1 is 0.952 bits per heavy atom. The lowest BCUT2D eigenvalue weighted by Gasteiger charge is -2.36. The van der Waals surface area contributed by atoms with E-state index in [4.69, 9.17) is 4.74 Å². The summed E-state index contributed by atoms with van der Waals surface area (Å²) in [6.07, 6.45) is -0.627. The van der Waals surface area contributed by atoms with E-state index in [1.165, 1.54) is 0 Å². The lowest BCUT2D eigenvalue weighted by molar-refractivity contribution is -0.141. The van der Waals surface area contributed by atoms with Crippen LogP contribution in [0.4, 0.5) is 0 Å². The third-order valence-corrected chi connectivity index (χ3v) is 4.72. The smallest absolute Gasteiger partial charge is 0.310 e. The Bertz CT molecular complexity index is 680. The van der Waals surface area contributed by atoms with Crippen molar-refractivity contribution in [2.24, 2.45) is 11.8 Å². The van der Waals surface area contributed by atoms with Gasteiger partial charge in [-0.25, -0.2) is 0 Å². The number of hydrogen-bond donors (Lipinski definition) is 1. The average Bonchev–Trinajstić information content (AvgIpc) is 2.91. The van der Waals surface area contributed by atoms with E-state index in [9.17, 15) is 9.90 Å². The summed E-state index contributed by atoms with van der Waals surface area (Å²) in [5.41, 5.74) is 3.06. The number of hydrogen-bond acceptors (Lipinski definition) is 3. The van der Waals surface area contributed by atoms with Gasteiger partial charge in [0.15, 0.2) is 0 Å². The van der Waals surface area contributed by atoms with Crippen LogP contribution in [0.2, 0.25) is 0 Å². The van der Waals surface area contributed by atoms with E-state index >= 15 is 0 Å². The Hall–Kier alpha value is -2.13. The average molecular weight is 280 g/mol. The van der Waals surface area contributed by atoms with Crippen LogP contribution in [0.25, 0.3) is 0 Å². The molecule has 3 heteroatoms. The second-order valence-corrected chi connectivity index (χ2v) is 5.78. The number of aliphatic hydroxyl groups excluding tert-OH is 1. The predicted octanol–water partition coefficient (Wildman–Crippen LogP) is 2.65. The van der Waals surface area contributed by atoms with Gasteiger partial charge < -0.3 is 9.84 Å². The second-order valence-electron chi connectivity index (χ2n) is 5.78. The molecule has 1 N–H and O–H groups in total. The molecular weight excluding hydrogens is 264 g/mol. The predicted molar refractivity (Wildman–Crippen MR) is 77.6 cm³/mol. The van der Waals surface area contributed by atoms with Crippen molar-refractivity contribution >= 4 is 5.97 Å². The van der Waals surface area contributed by atoms with E-state index in [1.807, 2.05) is 54.6 Å². The Labute approximate surface area is 123 Å². The van der Waals surface area contributed by atoms with Gasteiger partial charge in [-0.2, -0.15) is 0 Å². The number of esters is 1. The summed E-state index contributed by atoms with van der Waals surface area (Å²) in [5.74, 6) is -0.678. The Morgan fingerprint density at radius 2 is 1.62 bits per heavy atom. The molecule has 0 saturated carbocycles. The lowest BCUT2D eigenvalue weighted by atomic mass is 9.66. The molecule has 21 heavy (non-hydrogen) atoms. The van der Waals surface area contributed by atoms with Gasteiger partial charge in [-0.15, -0.1) is 0 Å². The summed E-state index contributed by atoms with van der Waals surface area (Å²) >= 11 is 0. The molecule has 0 aromatic heterocycles. The number of benzene rings is 2. The first-order chi connectivity index (χ1) is 10.3. The highest BCUT2D eigenvalue weighted by molar-refractivity contribution is 5.78. The van der Waals surface area contributed by atoms with Gasteiger partial charge in [-0.3, -0.25) is 4.79 Å². The molecule has 1 heterocycles. The summed E-state index contributed by atoms with van der Waals surface area (Å²) in [6.45, 7) is 0.308. The zero-order valence-electron chi connectivity index (χ0n) is 11.5. The summed E-state index contributed by atoms with van der Waals surface area (Å²) in [5, 5.41) is 10.6. The summed E-state index contributed by atoms with van der Waals surface area (Å²) in [6, 6.07) is 17.9. The maximum atomic E-state index is 12.2. The number of ether oxygens (including phenoxy) is 1. The molecule has 2 aliphatic rings. The molecular formula is C18H16O3. The van der Waals surface area contributed by atoms with Gasteiger partial charge >= 0.3 is 5.97 Å². The van der Waals surface area contributed by atoms with Crippen LogP contribution in [0.5, 0.6) is 0 Å². The van der Waals surface area contributed by atoms with Crippen LogP contribution in [-0.4, -0.2) is 17.7 Å². The summed E-state index contributed by atoms with van der Waals surface area (Å²) in [4.78, 5) is 12.2. The third kappa shape index (κ3) is 1.81. The van der Waals surface area contributed by atoms with E-state index in [1.54, 1.807) is 0 Å². The fourth-order valence-corrected chi connectivity index (χ4v) is 3.76. The molecule has 2 aromatic rings. The Balaban J connectivity index is 1.93. The molecule has 4 atom stereocenters. The number of rotatable bonds is 1. The molecule has 4 rings (SSSR count). The van der Waals surface area contributed by atoms with Crippen molar-refractivity contribution in [3.63, 3.8) is 0 Å². The van der Waals surface area contributed by atoms with Crippen molar-refractivity contribution in [2.75, 3.05) is 6.61 Å². The van der Waals surface area contributed by atoms with Crippen molar-refractivity contribution in [3.8, 4) is 0 Å². The highest BCUT2D eigenvalue weighted by Gasteiger charge is 2.51. The monoisotopic (exact) mass is 280 g/mol. The fraction of sp³-hybridized carbons (Fsp3) is 0.278. The zero-order valence-corrected chi connectivity index (χ0v) is 11.5. The van der Waals surface area contributed by atoms with Gasteiger partial charge in [-0.1, -0.05) is 54.6 Å². The van der Waals surface area contributed by atoms with Crippen LogP contribution in [0.3, 0.4) is 0 Å². The van der Waals surface area contributed by atoms with Gasteiger partial charge in [0.05, 0.1) is 18.6 Å². The van der Waals surface area contributed by atoms with E-state index in [-0.39, 0.29) is 23.7 Å². The van der Waals surface area contributed by atoms with E-state index in [0.717, 1.165) is 16.7 Å². The topological polar surface area (TPSA) is 46.5 Å². The molecule has 0 spiro atoms. The first-order valence-corrected chi connectivity index (χ1v) is 7.26. The summed E-state index contributed by atoms with van der Waals surface area (Å²) < 4.78 is 5.25. The molecule has 0 radical (unpaired) electrons. The minimum absolute atomic E-state index is 0.0363. The number of fused-ring (bicyclic) bond motifs is 2. The quantitative estimate of drug-likeness (QED) is 0.817. The van der Waals surface area contributed by atoms with Crippen molar-refractivity contribution in [1.29, 1.82) is 0 Å². The Morgan fingerprint density at radius 3 is 2.38 bits per heavy atom. The second kappa shape index (κ2) is 4.71. The molecule has 1 fully saturated rings. The maximum absolute atomic E-state index is 12.2. The van der Waals surface area contributed by atoms with Gasteiger partial charge in [0.2, 0.25) is 0 Å². The number of carbonyl (C=O) groups excluding carboxylic acids is 1. The van der Waals surface area contributed by atoms with Gasteiger partial charge in [0.25, 0.3) is 0 Å². The van der Waals surface area contributed by atoms with Crippen LogP contribution >= 0.6 is 0 Å². The fourth-order valence-electron chi connectivity index (χ4n) is 3.76. The van der Waals surface area contributed by atoms with E-state index in [2.05, 4.69) is 0 Å². The molecule has 0 bridgehead atoms. The molecule has 106 valence electrons. The molecule has 2 aromatic carbocycles. The zero-order chi connectivity index (χ0) is 14.4. The molecule has 3 nitrogen and oxygen atoms in total. The molecule has 1 aliphatic carbocycles. The Kier molecular flexibility index (Phi) is 2.82. The molecule has 0 amide bonds. The standard InChI is InChI=1S/C18H16O3/c19-17-13-9-5-4-8-12(13)15(11-6-2-1-3-7-11)16-14(17)10-21-18(16)20/h1-9,14-17,19H,10H2/t14-,15+,16-,17-/m1/s1. The summed E-state index contributed by atoms with van der Waals surface area (Å²) in [7, 11) is 0. The third-order valence-electron chi connectivity index (χ3n) is 4.72. The van der Waals surface area contributed by atoms with Gasteiger partial charge in [0, 0.05) is 11.8 Å². The van der Waals surface area contributed by atoms with Crippen LogP contribution in [0.1, 0.15) is 28.7 Å². The highest BCUT2D eigenvalue weighted by Crippen LogP contribution is 2.51. The molecule has 0 unspecified atom stereocenters. The van der Waals surface area contributed by atoms with Crippen molar-refractivity contribution in [3.05, 3.63) is 71.3 Å². The first-order valence-electron chi connectivity index (χ1n) is 7.26. The van der Waals surface area contributed by atoms with Crippen LogP contribution in [0.15, 0.2) is 54.6 Å². The van der Waals surface area contributed by atoms with Crippen molar-refractivity contribution in [1.82, 2.24) is 0 Å². The van der Waals surface area contributed by atoms with Crippen molar-refractivity contribution < 1.29 is 14.6 Å². The largest absolute Gasteiger partial charge is 0.465 e. The lowest BCUT2D eigenvalue weighted by Crippen LogP contribution is -2.34. The first kappa shape index (κ1) is 12.6. The molecule has 1 aliphatic heterocycles. The number of cyclic esters (lactones) is 1. The molecule has 1 saturated heterocycles. The van der Waals surface area contributed by atoms with Crippen LogP contribution in [-0.2, 0) is 9.53 Å². The van der Waals surface area contributed by atoms with Crippen LogP contribution < -0.4 is 0 Å². The maximum Gasteiger partial charge on any atom is 0.310 e. The van der Waals surface area contributed by atoms with Gasteiger partial charge in [0.1, 0.15) is 0 Å².